The van der Waals surface area contributed by atoms with Crippen LogP contribution in [0.1, 0.15) is 5.89 Å². The molecule has 3 rings (SSSR count). The van der Waals surface area contributed by atoms with Crippen LogP contribution in [0.2, 0.25) is 5.02 Å². The molecule has 0 atom stereocenters. The maximum atomic E-state index is 11.7. The second-order valence-electron chi connectivity index (χ2n) is 4.44. The van der Waals surface area contributed by atoms with Gasteiger partial charge in [0, 0.05) is 27.3 Å². The summed E-state index contributed by atoms with van der Waals surface area (Å²) < 4.78 is 8.03. The highest BCUT2D eigenvalue weighted by Gasteiger charge is 2.08. The van der Waals surface area contributed by atoms with E-state index < -0.39 is 0 Å². The van der Waals surface area contributed by atoms with Gasteiger partial charge >= 0.3 is 0 Å². The minimum atomic E-state index is -0.107. The zero-order valence-electron chi connectivity index (χ0n) is 10.8. The van der Waals surface area contributed by atoms with Crippen molar-refractivity contribution in [3.05, 3.63) is 74.5 Å². The molecule has 1 aromatic carbocycles. The molecular formula is C15H10BrClN2O2. The van der Waals surface area contributed by atoms with E-state index in [4.69, 9.17) is 16.0 Å². The first kappa shape index (κ1) is 14.1. The Bertz CT molecular complexity index is 824. The number of rotatable bonds is 3. The van der Waals surface area contributed by atoms with Gasteiger partial charge in [0.15, 0.2) is 5.76 Å². The molecule has 0 aliphatic heterocycles. The Kier molecular flexibility index (Phi) is 3.94. The molecule has 4 nitrogen and oxygen atoms in total. The van der Waals surface area contributed by atoms with Crippen LogP contribution in [0, 0.1) is 0 Å². The lowest BCUT2D eigenvalue weighted by Crippen LogP contribution is -2.18. The van der Waals surface area contributed by atoms with Crippen molar-refractivity contribution in [2.24, 2.45) is 0 Å². The van der Waals surface area contributed by atoms with Crippen molar-refractivity contribution in [1.82, 2.24) is 9.55 Å². The van der Waals surface area contributed by atoms with Gasteiger partial charge in [-0.3, -0.25) is 4.79 Å². The van der Waals surface area contributed by atoms with Crippen molar-refractivity contribution in [3.63, 3.8) is 0 Å². The van der Waals surface area contributed by atoms with E-state index in [9.17, 15) is 4.79 Å². The molecule has 6 heteroatoms. The topological polar surface area (TPSA) is 48.0 Å². The smallest absolute Gasteiger partial charge is 0.251 e. The molecule has 2 aromatic heterocycles. The van der Waals surface area contributed by atoms with Gasteiger partial charge in [-0.25, -0.2) is 4.98 Å². The quantitative estimate of drug-likeness (QED) is 0.705. The minimum Gasteiger partial charge on any atom is -0.439 e. The molecule has 0 N–H and O–H groups in total. The van der Waals surface area contributed by atoms with E-state index in [0.717, 1.165) is 10.0 Å². The average molecular weight is 366 g/mol. The third kappa shape index (κ3) is 3.25. The van der Waals surface area contributed by atoms with Crippen LogP contribution in [0.3, 0.4) is 0 Å². The molecule has 0 unspecified atom stereocenters. The summed E-state index contributed by atoms with van der Waals surface area (Å²) in [5.41, 5.74) is 0.782. The van der Waals surface area contributed by atoms with Gasteiger partial charge in [0.05, 0.1) is 6.20 Å². The summed E-state index contributed by atoms with van der Waals surface area (Å²) >= 11 is 9.19. The van der Waals surface area contributed by atoms with Gasteiger partial charge in [0.2, 0.25) is 5.89 Å². The van der Waals surface area contributed by atoms with Gasteiger partial charge in [-0.05, 0) is 46.3 Å². The Morgan fingerprint density at radius 3 is 2.71 bits per heavy atom. The fourth-order valence-electron chi connectivity index (χ4n) is 1.90. The third-order valence-corrected chi connectivity index (χ3v) is 3.66. The van der Waals surface area contributed by atoms with Crippen LogP contribution in [0.4, 0.5) is 0 Å². The lowest BCUT2D eigenvalue weighted by atomic mass is 10.2. The van der Waals surface area contributed by atoms with E-state index in [2.05, 4.69) is 20.9 Å². The SMILES string of the molecule is O=c1ccc(Br)cn1Cc1ncc(-c2ccc(Cl)cc2)o1. The lowest BCUT2D eigenvalue weighted by Gasteiger charge is -2.02. The molecule has 3 aromatic rings. The van der Waals surface area contributed by atoms with Gasteiger partial charge in [-0.1, -0.05) is 11.6 Å². The Balaban J connectivity index is 1.87. The fraction of sp³-hybridized carbons (Fsp3) is 0.0667. The number of pyridine rings is 1. The van der Waals surface area contributed by atoms with Crippen molar-refractivity contribution in [2.45, 2.75) is 6.54 Å². The number of aromatic nitrogens is 2. The fourth-order valence-corrected chi connectivity index (χ4v) is 2.41. The first-order valence-corrected chi connectivity index (χ1v) is 7.35. The van der Waals surface area contributed by atoms with Crippen molar-refractivity contribution >= 4 is 27.5 Å². The van der Waals surface area contributed by atoms with E-state index in [1.807, 2.05) is 12.1 Å². The number of oxazole rings is 1. The first-order chi connectivity index (χ1) is 10.1. The number of halogens is 2. The molecule has 0 amide bonds. The van der Waals surface area contributed by atoms with Crippen LogP contribution < -0.4 is 5.56 Å². The van der Waals surface area contributed by atoms with Crippen molar-refractivity contribution < 1.29 is 4.42 Å². The van der Waals surface area contributed by atoms with Crippen LogP contribution >= 0.6 is 27.5 Å². The summed E-state index contributed by atoms with van der Waals surface area (Å²) in [6, 6.07) is 10.5. The third-order valence-electron chi connectivity index (χ3n) is 2.94. The molecular weight excluding hydrogens is 356 g/mol. The zero-order chi connectivity index (χ0) is 14.8. The van der Waals surface area contributed by atoms with Crippen molar-refractivity contribution in [3.8, 4) is 11.3 Å². The summed E-state index contributed by atoms with van der Waals surface area (Å²) in [5, 5.41) is 0.666. The number of benzene rings is 1. The van der Waals surface area contributed by atoms with E-state index in [-0.39, 0.29) is 12.1 Å². The highest BCUT2D eigenvalue weighted by atomic mass is 79.9. The maximum Gasteiger partial charge on any atom is 0.251 e. The van der Waals surface area contributed by atoms with Gasteiger partial charge in [-0.2, -0.15) is 0 Å². The lowest BCUT2D eigenvalue weighted by molar-refractivity contribution is 0.484. The number of nitrogens with zero attached hydrogens (tertiary/aromatic N) is 2. The Labute approximate surface area is 134 Å². The summed E-state index contributed by atoms with van der Waals surface area (Å²) in [7, 11) is 0. The normalized spacial score (nSPS) is 10.8. The van der Waals surface area contributed by atoms with Gasteiger partial charge in [-0.15, -0.1) is 0 Å². The van der Waals surface area contributed by atoms with Crippen LogP contribution in [0.5, 0.6) is 0 Å². The molecule has 0 spiro atoms. The zero-order valence-corrected chi connectivity index (χ0v) is 13.1. The minimum absolute atomic E-state index is 0.107. The summed E-state index contributed by atoms with van der Waals surface area (Å²) in [6.07, 6.45) is 3.34. The van der Waals surface area contributed by atoms with E-state index in [1.54, 1.807) is 30.6 Å². The molecule has 0 aliphatic rings. The molecule has 21 heavy (non-hydrogen) atoms. The van der Waals surface area contributed by atoms with Gasteiger partial charge in [0.1, 0.15) is 6.54 Å². The average Bonchev–Trinajstić information content (AvgIpc) is 2.92. The Hall–Kier alpha value is -1.85. The van der Waals surface area contributed by atoms with Crippen molar-refractivity contribution in [2.75, 3.05) is 0 Å². The molecule has 0 radical (unpaired) electrons. The van der Waals surface area contributed by atoms with E-state index in [1.165, 1.54) is 10.6 Å². The summed E-state index contributed by atoms with van der Waals surface area (Å²) in [5.74, 6) is 1.12. The Morgan fingerprint density at radius 2 is 1.95 bits per heavy atom. The highest BCUT2D eigenvalue weighted by molar-refractivity contribution is 9.10. The van der Waals surface area contributed by atoms with Crippen molar-refractivity contribution in [1.29, 1.82) is 0 Å². The first-order valence-electron chi connectivity index (χ1n) is 6.18. The maximum absolute atomic E-state index is 11.7. The standard InChI is InChI=1S/C15H10BrClN2O2/c16-11-3-6-15(20)19(8-11)9-14-18-7-13(21-14)10-1-4-12(17)5-2-10/h1-8H,9H2. The van der Waals surface area contributed by atoms with E-state index in [0.29, 0.717) is 16.7 Å². The number of hydrogen-bond donors (Lipinski definition) is 0. The molecule has 0 aliphatic carbocycles. The summed E-state index contributed by atoms with van der Waals surface area (Å²) in [6.45, 7) is 0.284. The van der Waals surface area contributed by atoms with Crippen LogP contribution in [-0.4, -0.2) is 9.55 Å². The highest BCUT2D eigenvalue weighted by Crippen LogP contribution is 2.22. The monoisotopic (exact) mass is 364 g/mol. The molecule has 0 fully saturated rings. The molecule has 0 saturated carbocycles. The van der Waals surface area contributed by atoms with Gasteiger partial charge < -0.3 is 8.98 Å². The predicted molar refractivity (Wildman–Crippen MR) is 84.5 cm³/mol. The molecule has 2 heterocycles. The van der Waals surface area contributed by atoms with E-state index >= 15 is 0 Å². The molecule has 106 valence electrons. The molecule has 0 bridgehead atoms. The van der Waals surface area contributed by atoms with Crippen LogP contribution in [0.25, 0.3) is 11.3 Å². The summed E-state index contributed by atoms with van der Waals surface area (Å²) in [4.78, 5) is 16.0. The van der Waals surface area contributed by atoms with Crippen LogP contribution in [-0.2, 0) is 6.54 Å². The molecule has 0 saturated heterocycles. The van der Waals surface area contributed by atoms with Gasteiger partial charge in [0.25, 0.3) is 5.56 Å². The largest absolute Gasteiger partial charge is 0.439 e. The number of hydrogen-bond acceptors (Lipinski definition) is 3. The Morgan fingerprint density at radius 1 is 1.19 bits per heavy atom. The second kappa shape index (κ2) is 5.87. The second-order valence-corrected chi connectivity index (χ2v) is 5.79. The predicted octanol–water partition coefficient (Wildman–Crippen LogP) is 3.97. The van der Waals surface area contributed by atoms with Crippen LogP contribution in [0.15, 0.2) is 62.5 Å².